The molecule has 1 heterocycles. The average Bonchev–Trinajstić information content (AvgIpc) is 3.38. The Hall–Kier alpha value is -4.89. The van der Waals surface area contributed by atoms with Crippen LogP contribution < -0.4 is 15.5 Å². The van der Waals surface area contributed by atoms with Gasteiger partial charge in [0.15, 0.2) is 0 Å². The van der Waals surface area contributed by atoms with Crippen LogP contribution in [0.25, 0.3) is 10.8 Å². The van der Waals surface area contributed by atoms with Gasteiger partial charge < -0.3 is 4.74 Å². The number of anilines is 1. The van der Waals surface area contributed by atoms with Crippen LogP contribution in [0, 0.1) is 6.92 Å². The number of hydrogen-bond acceptors (Lipinski definition) is 7. The van der Waals surface area contributed by atoms with Gasteiger partial charge in [0, 0.05) is 5.56 Å². The molecule has 5 aromatic rings. The molecule has 0 atom stereocenters. The molecule has 39 heavy (non-hydrogen) atoms. The summed E-state index contributed by atoms with van der Waals surface area (Å²) in [6.07, 6.45) is 1.54. The first kappa shape index (κ1) is 25.7. The van der Waals surface area contributed by atoms with E-state index in [9.17, 15) is 9.59 Å². The maximum Gasteiger partial charge on any atom is 0.257 e. The molecule has 0 aliphatic heterocycles. The van der Waals surface area contributed by atoms with E-state index in [0.717, 1.165) is 33.4 Å². The van der Waals surface area contributed by atoms with Gasteiger partial charge in [0.05, 0.1) is 12.6 Å². The Kier molecular flexibility index (Phi) is 7.99. The highest BCUT2D eigenvalue weighted by Crippen LogP contribution is 2.21. The second-order valence-electron chi connectivity index (χ2n) is 8.74. The number of carbonyl (C=O) groups excluding carboxylic acids is 2. The fraction of sp³-hybridized carbons (Fsp3) is 0.100. The Balaban J connectivity index is 1.12. The minimum absolute atomic E-state index is 0.0105. The van der Waals surface area contributed by atoms with E-state index in [2.05, 4.69) is 50.3 Å². The summed E-state index contributed by atoms with van der Waals surface area (Å²) in [5.74, 6) is 0.0862. The largest absolute Gasteiger partial charge is 0.489 e. The van der Waals surface area contributed by atoms with E-state index in [4.69, 9.17) is 4.74 Å². The average molecular weight is 536 g/mol. The number of rotatable bonds is 9. The lowest BCUT2D eigenvalue weighted by atomic mass is 10.1. The monoisotopic (exact) mass is 535 g/mol. The predicted octanol–water partition coefficient (Wildman–Crippen LogP) is 5.52. The number of aryl methyl sites for hydroxylation is 1. The van der Waals surface area contributed by atoms with Crippen LogP contribution in [0.15, 0.2) is 96.1 Å². The summed E-state index contributed by atoms with van der Waals surface area (Å²) in [5.41, 5.74) is 5.81. The molecule has 0 aliphatic carbocycles. The first-order chi connectivity index (χ1) is 19.0. The van der Waals surface area contributed by atoms with Crippen LogP contribution in [0.3, 0.4) is 0 Å². The summed E-state index contributed by atoms with van der Waals surface area (Å²) in [5, 5.41) is 17.9. The molecule has 0 fully saturated rings. The summed E-state index contributed by atoms with van der Waals surface area (Å²) in [6.45, 7) is 2.30. The van der Waals surface area contributed by atoms with E-state index in [0.29, 0.717) is 28.1 Å². The Morgan fingerprint density at radius 3 is 2.64 bits per heavy atom. The molecular formula is C30H25N5O3S. The van der Waals surface area contributed by atoms with Crippen molar-refractivity contribution in [2.75, 3.05) is 5.32 Å². The molecule has 0 bridgehead atoms. The Bertz CT molecular complexity index is 1660. The van der Waals surface area contributed by atoms with Gasteiger partial charge in [0.2, 0.25) is 11.0 Å². The van der Waals surface area contributed by atoms with Crippen molar-refractivity contribution in [2.45, 2.75) is 20.0 Å². The first-order valence-electron chi connectivity index (χ1n) is 12.3. The van der Waals surface area contributed by atoms with Crippen LogP contribution in [0.5, 0.6) is 5.75 Å². The number of amides is 2. The minimum Gasteiger partial charge on any atom is -0.489 e. The van der Waals surface area contributed by atoms with Gasteiger partial charge in [-0.25, -0.2) is 5.43 Å². The van der Waals surface area contributed by atoms with Gasteiger partial charge in [0.25, 0.3) is 5.91 Å². The van der Waals surface area contributed by atoms with Gasteiger partial charge >= 0.3 is 0 Å². The van der Waals surface area contributed by atoms with Gasteiger partial charge in [-0.2, -0.15) is 5.10 Å². The lowest BCUT2D eigenvalue weighted by molar-refractivity contribution is -0.120. The molecule has 0 unspecified atom stereocenters. The van der Waals surface area contributed by atoms with Gasteiger partial charge in [0.1, 0.15) is 17.4 Å². The topological polar surface area (TPSA) is 106 Å². The molecule has 0 radical (unpaired) electrons. The molecule has 0 spiro atoms. The SMILES string of the molecule is Cc1ccccc1C(=O)Nc1nnc(CC(=O)NN=Cc2cccc(OCc3cccc4ccccc34)c2)s1. The maximum absolute atomic E-state index is 12.5. The Labute approximate surface area is 229 Å². The van der Waals surface area contributed by atoms with Crippen LogP contribution in [-0.4, -0.2) is 28.2 Å². The highest BCUT2D eigenvalue weighted by molar-refractivity contribution is 7.15. The predicted molar refractivity (Wildman–Crippen MR) is 153 cm³/mol. The van der Waals surface area contributed by atoms with Crippen LogP contribution in [0.4, 0.5) is 5.13 Å². The maximum atomic E-state index is 12.5. The standard InChI is InChI=1S/C30H25N5O3S/c1-20-8-2-4-14-25(20)29(37)32-30-35-34-28(39-30)17-27(36)33-31-18-21-9-6-13-24(16-21)38-19-23-12-7-11-22-10-3-5-15-26(22)23/h2-16,18H,17,19H2,1H3,(H,33,36)(H,32,35,37). The summed E-state index contributed by atoms with van der Waals surface area (Å²) >= 11 is 1.14. The van der Waals surface area contributed by atoms with Gasteiger partial charge in [-0.3, -0.25) is 14.9 Å². The number of fused-ring (bicyclic) bond motifs is 1. The number of hydrazone groups is 1. The fourth-order valence-corrected chi connectivity index (χ4v) is 4.72. The Morgan fingerprint density at radius 2 is 1.74 bits per heavy atom. The lowest BCUT2D eigenvalue weighted by Crippen LogP contribution is -2.19. The molecule has 2 N–H and O–H groups in total. The van der Waals surface area contributed by atoms with Gasteiger partial charge in [-0.05, 0) is 52.6 Å². The van der Waals surface area contributed by atoms with E-state index < -0.39 is 0 Å². The molecule has 9 heteroatoms. The van der Waals surface area contributed by atoms with Gasteiger partial charge in [-0.15, -0.1) is 10.2 Å². The fourth-order valence-electron chi connectivity index (χ4n) is 3.99. The summed E-state index contributed by atoms with van der Waals surface area (Å²) in [4.78, 5) is 24.8. The molecule has 1 aromatic heterocycles. The van der Waals surface area contributed by atoms with E-state index in [1.165, 1.54) is 5.39 Å². The summed E-state index contributed by atoms with van der Waals surface area (Å²) in [7, 11) is 0. The number of aromatic nitrogens is 2. The third-order valence-electron chi connectivity index (χ3n) is 5.92. The number of benzene rings is 4. The van der Waals surface area contributed by atoms with Crippen molar-refractivity contribution < 1.29 is 14.3 Å². The zero-order valence-corrected chi connectivity index (χ0v) is 21.9. The molecule has 2 amide bonds. The van der Waals surface area contributed by atoms with Crippen LogP contribution in [-0.2, 0) is 17.8 Å². The zero-order valence-electron chi connectivity index (χ0n) is 21.1. The van der Waals surface area contributed by atoms with E-state index in [1.54, 1.807) is 18.3 Å². The molecule has 0 aliphatic rings. The quantitative estimate of drug-likeness (QED) is 0.191. The van der Waals surface area contributed by atoms with E-state index >= 15 is 0 Å². The number of nitrogens with one attached hydrogen (secondary N) is 2. The minimum atomic E-state index is -0.345. The van der Waals surface area contributed by atoms with E-state index in [1.807, 2.05) is 61.5 Å². The Morgan fingerprint density at radius 1 is 0.949 bits per heavy atom. The number of hydrogen-bond donors (Lipinski definition) is 2. The molecule has 4 aromatic carbocycles. The summed E-state index contributed by atoms with van der Waals surface area (Å²) < 4.78 is 6.02. The third-order valence-corrected chi connectivity index (χ3v) is 6.76. The lowest BCUT2D eigenvalue weighted by Gasteiger charge is -2.09. The highest BCUT2D eigenvalue weighted by Gasteiger charge is 2.13. The van der Waals surface area contributed by atoms with Crippen LogP contribution in [0.2, 0.25) is 0 Å². The van der Waals surface area contributed by atoms with Crippen molar-refractivity contribution >= 4 is 45.3 Å². The van der Waals surface area contributed by atoms with Crippen LogP contribution >= 0.6 is 11.3 Å². The zero-order chi connectivity index (χ0) is 27.0. The van der Waals surface area contributed by atoms with Crippen molar-refractivity contribution in [1.82, 2.24) is 15.6 Å². The van der Waals surface area contributed by atoms with Crippen LogP contribution in [0.1, 0.15) is 32.1 Å². The number of ether oxygens (including phenoxy) is 1. The third kappa shape index (κ3) is 6.71. The van der Waals surface area contributed by atoms with Crippen molar-refractivity contribution in [2.24, 2.45) is 5.10 Å². The molecule has 5 rings (SSSR count). The van der Waals surface area contributed by atoms with Crippen molar-refractivity contribution in [3.05, 3.63) is 118 Å². The van der Waals surface area contributed by atoms with E-state index in [-0.39, 0.29) is 18.2 Å². The van der Waals surface area contributed by atoms with Crippen molar-refractivity contribution in [1.29, 1.82) is 0 Å². The molecule has 0 saturated heterocycles. The number of nitrogens with zero attached hydrogens (tertiary/aromatic N) is 3. The molecule has 0 saturated carbocycles. The van der Waals surface area contributed by atoms with Crippen molar-refractivity contribution in [3.8, 4) is 5.75 Å². The van der Waals surface area contributed by atoms with Gasteiger partial charge in [-0.1, -0.05) is 84.1 Å². The number of carbonyl (C=O) groups is 2. The van der Waals surface area contributed by atoms with Crippen molar-refractivity contribution in [3.63, 3.8) is 0 Å². The molecule has 8 nitrogen and oxygen atoms in total. The first-order valence-corrected chi connectivity index (χ1v) is 13.1. The smallest absolute Gasteiger partial charge is 0.257 e. The normalized spacial score (nSPS) is 11.0. The second kappa shape index (κ2) is 12.1. The molecule has 194 valence electrons. The summed E-state index contributed by atoms with van der Waals surface area (Å²) in [6, 6.07) is 29.1. The molecular weight excluding hydrogens is 510 g/mol. The second-order valence-corrected chi connectivity index (χ2v) is 9.80. The highest BCUT2D eigenvalue weighted by atomic mass is 32.1.